The first-order valence-electron chi connectivity index (χ1n) is 7.27. The third-order valence-electron chi connectivity index (χ3n) is 3.79. The topological polar surface area (TPSA) is 86.1 Å². The number of anilines is 1. The molecule has 4 rings (SSSR count). The first-order chi connectivity index (χ1) is 11.7. The Labute approximate surface area is 136 Å². The molecule has 7 nitrogen and oxygen atoms in total. The molecule has 0 saturated carbocycles. The zero-order valence-corrected chi connectivity index (χ0v) is 12.5. The first-order valence-corrected chi connectivity index (χ1v) is 7.27. The van der Waals surface area contributed by atoms with Gasteiger partial charge in [0.1, 0.15) is 19.3 Å². The van der Waals surface area contributed by atoms with Crippen LogP contribution >= 0.6 is 0 Å². The fourth-order valence-corrected chi connectivity index (χ4v) is 2.51. The Morgan fingerprint density at radius 1 is 1.08 bits per heavy atom. The van der Waals surface area contributed by atoms with E-state index in [9.17, 15) is 9.59 Å². The quantitative estimate of drug-likeness (QED) is 0.748. The van der Waals surface area contributed by atoms with Gasteiger partial charge in [-0.25, -0.2) is 4.79 Å². The zero-order chi connectivity index (χ0) is 16.5. The predicted molar refractivity (Wildman–Crippen MR) is 84.9 cm³/mol. The van der Waals surface area contributed by atoms with Crippen molar-refractivity contribution >= 4 is 17.6 Å². The number of fused-ring (bicyclic) bond motifs is 1. The first kappa shape index (κ1) is 14.1. The summed E-state index contributed by atoms with van der Waals surface area (Å²) >= 11 is 0. The molecule has 1 aliphatic rings. The summed E-state index contributed by atoms with van der Waals surface area (Å²) in [7, 11) is 0. The van der Waals surface area contributed by atoms with E-state index < -0.39 is 0 Å². The minimum Gasteiger partial charge on any atom is -0.457 e. The van der Waals surface area contributed by atoms with E-state index in [0.29, 0.717) is 16.8 Å². The van der Waals surface area contributed by atoms with E-state index in [1.54, 1.807) is 59.7 Å². The number of benzene rings is 2. The lowest BCUT2D eigenvalue weighted by molar-refractivity contribution is 0.0535. The lowest BCUT2D eigenvalue weighted by Gasteiger charge is -2.07. The van der Waals surface area contributed by atoms with Crippen molar-refractivity contribution in [2.45, 2.75) is 6.61 Å². The number of nitrogens with zero attached hydrogens (tertiary/aromatic N) is 3. The molecule has 1 aliphatic heterocycles. The van der Waals surface area contributed by atoms with Crippen LogP contribution in [0.3, 0.4) is 0 Å². The summed E-state index contributed by atoms with van der Waals surface area (Å²) in [6, 6.07) is 12.2. The van der Waals surface area contributed by atoms with Crippen LogP contribution < -0.4 is 5.32 Å². The summed E-state index contributed by atoms with van der Waals surface area (Å²) in [6.45, 7) is 0.285. The molecule has 0 saturated heterocycles. The molecular weight excluding hydrogens is 308 g/mol. The van der Waals surface area contributed by atoms with Crippen LogP contribution in [0.2, 0.25) is 0 Å². The van der Waals surface area contributed by atoms with Crippen molar-refractivity contribution < 1.29 is 14.3 Å². The number of aromatic nitrogens is 3. The minimum absolute atomic E-state index is 0.253. The van der Waals surface area contributed by atoms with Crippen molar-refractivity contribution in [2.24, 2.45) is 0 Å². The number of ether oxygens (including phenoxy) is 1. The van der Waals surface area contributed by atoms with Crippen LogP contribution in [0.5, 0.6) is 0 Å². The Balaban J connectivity index is 1.52. The number of hydrogen-bond acceptors (Lipinski definition) is 5. The maximum Gasteiger partial charge on any atom is 0.338 e. The van der Waals surface area contributed by atoms with E-state index in [2.05, 4.69) is 15.5 Å². The molecule has 118 valence electrons. The van der Waals surface area contributed by atoms with Crippen molar-refractivity contribution in [1.82, 2.24) is 14.8 Å². The Kier molecular flexibility index (Phi) is 3.31. The van der Waals surface area contributed by atoms with Crippen LogP contribution in [0.1, 0.15) is 26.3 Å². The number of hydrogen-bond donors (Lipinski definition) is 1. The van der Waals surface area contributed by atoms with Gasteiger partial charge < -0.3 is 10.1 Å². The predicted octanol–water partition coefficient (Wildman–Crippen LogP) is 2.19. The smallest absolute Gasteiger partial charge is 0.338 e. The highest BCUT2D eigenvalue weighted by Gasteiger charge is 2.21. The highest BCUT2D eigenvalue weighted by molar-refractivity contribution is 6.05. The summed E-state index contributed by atoms with van der Waals surface area (Å²) in [5, 5.41) is 10.3. The van der Waals surface area contributed by atoms with Crippen LogP contribution in [0, 0.1) is 0 Å². The standard InChI is InChI=1S/C17H12N4O3/c22-16(11-2-5-14(6-3-11)21-9-18-19-10-21)20-13-4-1-12-8-24-17(23)15(12)7-13/h1-7,9-10H,8H2,(H,20,22). The highest BCUT2D eigenvalue weighted by Crippen LogP contribution is 2.23. The molecule has 7 heteroatoms. The van der Waals surface area contributed by atoms with E-state index in [1.165, 1.54) is 0 Å². The van der Waals surface area contributed by atoms with Crippen molar-refractivity contribution in [3.63, 3.8) is 0 Å². The Hall–Kier alpha value is -3.48. The van der Waals surface area contributed by atoms with Crippen molar-refractivity contribution in [1.29, 1.82) is 0 Å². The molecule has 2 aromatic carbocycles. The van der Waals surface area contributed by atoms with Gasteiger partial charge in [0.05, 0.1) is 5.56 Å². The number of carbonyl (C=O) groups excluding carboxylic acids is 2. The average Bonchev–Trinajstić information content (AvgIpc) is 3.26. The normalized spacial score (nSPS) is 12.6. The Morgan fingerprint density at radius 2 is 1.83 bits per heavy atom. The molecule has 0 aliphatic carbocycles. The summed E-state index contributed by atoms with van der Waals surface area (Å²) in [5.41, 5.74) is 3.25. The maximum atomic E-state index is 12.3. The van der Waals surface area contributed by atoms with Crippen LogP contribution in [-0.2, 0) is 11.3 Å². The van der Waals surface area contributed by atoms with Gasteiger partial charge in [-0.3, -0.25) is 9.36 Å². The van der Waals surface area contributed by atoms with E-state index >= 15 is 0 Å². The number of carbonyl (C=O) groups is 2. The van der Waals surface area contributed by atoms with Gasteiger partial charge in [-0.1, -0.05) is 6.07 Å². The maximum absolute atomic E-state index is 12.3. The van der Waals surface area contributed by atoms with E-state index in [0.717, 1.165) is 11.3 Å². The summed E-state index contributed by atoms with van der Waals surface area (Å²) in [5.74, 6) is -0.615. The molecule has 1 N–H and O–H groups in total. The lowest BCUT2D eigenvalue weighted by Crippen LogP contribution is -2.12. The van der Waals surface area contributed by atoms with Crippen molar-refractivity contribution in [3.8, 4) is 5.69 Å². The van der Waals surface area contributed by atoms with Gasteiger partial charge in [-0.2, -0.15) is 0 Å². The molecule has 2 heterocycles. The number of esters is 1. The summed E-state index contributed by atoms with van der Waals surface area (Å²) < 4.78 is 6.70. The lowest BCUT2D eigenvalue weighted by atomic mass is 10.1. The molecule has 0 fully saturated rings. The third kappa shape index (κ3) is 2.52. The van der Waals surface area contributed by atoms with Gasteiger partial charge in [-0.15, -0.1) is 10.2 Å². The molecule has 24 heavy (non-hydrogen) atoms. The molecule has 0 radical (unpaired) electrons. The molecule has 3 aromatic rings. The molecule has 1 aromatic heterocycles. The number of rotatable bonds is 3. The summed E-state index contributed by atoms with van der Waals surface area (Å²) in [6.07, 6.45) is 3.16. The van der Waals surface area contributed by atoms with Gasteiger partial charge in [0.15, 0.2) is 0 Å². The fraction of sp³-hybridized carbons (Fsp3) is 0.0588. The number of cyclic esters (lactones) is 1. The second kappa shape index (κ2) is 5.62. The zero-order valence-electron chi connectivity index (χ0n) is 12.5. The highest BCUT2D eigenvalue weighted by atomic mass is 16.5. The van der Waals surface area contributed by atoms with E-state index in [4.69, 9.17) is 4.74 Å². The van der Waals surface area contributed by atoms with Gasteiger partial charge >= 0.3 is 5.97 Å². The molecule has 0 atom stereocenters. The SMILES string of the molecule is O=C(Nc1ccc2c(c1)C(=O)OC2)c1ccc(-n2cnnc2)cc1. The van der Waals surface area contributed by atoms with E-state index in [1.807, 2.05) is 0 Å². The van der Waals surface area contributed by atoms with Gasteiger partial charge in [0, 0.05) is 22.5 Å². The van der Waals surface area contributed by atoms with Crippen LogP contribution in [0.15, 0.2) is 55.1 Å². The molecule has 0 unspecified atom stereocenters. The minimum atomic E-state index is -0.362. The Bertz CT molecular complexity index is 918. The van der Waals surface area contributed by atoms with Crippen LogP contribution in [0.4, 0.5) is 5.69 Å². The van der Waals surface area contributed by atoms with Gasteiger partial charge in [0.2, 0.25) is 0 Å². The molecule has 0 spiro atoms. The molecule has 1 amide bonds. The molecule has 0 bridgehead atoms. The second-order valence-corrected chi connectivity index (χ2v) is 5.32. The summed E-state index contributed by atoms with van der Waals surface area (Å²) in [4.78, 5) is 23.9. The van der Waals surface area contributed by atoms with Crippen LogP contribution in [0.25, 0.3) is 5.69 Å². The largest absolute Gasteiger partial charge is 0.457 e. The van der Waals surface area contributed by atoms with Crippen LogP contribution in [-0.4, -0.2) is 26.6 Å². The number of nitrogens with one attached hydrogen (secondary N) is 1. The van der Waals surface area contributed by atoms with E-state index in [-0.39, 0.29) is 18.5 Å². The Morgan fingerprint density at radius 3 is 2.58 bits per heavy atom. The second-order valence-electron chi connectivity index (χ2n) is 5.32. The van der Waals surface area contributed by atoms with Gasteiger partial charge in [0.25, 0.3) is 5.91 Å². The van der Waals surface area contributed by atoms with Gasteiger partial charge in [-0.05, 0) is 36.4 Å². The average molecular weight is 320 g/mol. The molecular formula is C17H12N4O3. The third-order valence-corrected chi connectivity index (χ3v) is 3.79. The fourth-order valence-electron chi connectivity index (χ4n) is 2.51. The van der Waals surface area contributed by atoms with Crippen molar-refractivity contribution in [2.75, 3.05) is 5.32 Å². The van der Waals surface area contributed by atoms with Crippen molar-refractivity contribution in [3.05, 3.63) is 71.8 Å². The monoisotopic (exact) mass is 320 g/mol. The number of amides is 1.